The molecule has 0 saturated carbocycles. The Bertz CT molecular complexity index is 480. The summed E-state index contributed by atoms with van der Waals surface area (Å²) in [5.41, 5.74) is 2.20. The molecule has 1 aliphatic heterocycles. The van der Waals surface area contributed by atoms with E-state index < -0.39 is 0 Å². The summed E-state index contributed by atoms with van der Waals surface area (Å²) in [7, 11) is 0. The van der Waals surface area contributed by atoms with Gasteiger partial charge in [-0.1, -0.05) is 20.8 Å². The van der Waals surface area contributed by atoms with E-state index in [1.54, 1.807) is 0 Å². The van der Waals surface area contributed by atoms with Crippen LogP contribution >= 0.6 is 11.6 Å². The molecule has 112 valence electrons. The van der Waals surface area contributed by atoms with Crippen LogP contribution in [0.3, 0.4) is 0 Å². The number of pyridine rings is 1. The van der Waals surface area contributed by atoms with Crippen LogP contribution in [-0.4, -0.2) is 30.3 Å². The average molecular weight is 297 g/mol. The summed E-state index contributed by atoms with van der Waals surface area (Å²) >= 11 is 6.06. The molecule has 0 aliphatic carbocycles. The zero-order valence-electron chi connectivity index (χ0n) is 13.2. The summed E-state index contributed by atoms with van der Waals surface area (Å²) in [4.78, 5) is 7.22. The third-order valence-corrected chi connectivity index (χ3v) is 4.02. The average Bonchev–Trinajstić information content (AvgIpc) is 2.36. The third kappa shape index (κ3) is 3.26. The first kappa shape index (κ1) is 15.6. The second-order valence-electron chi connectivity index (χ2n) is 7.12. The van der Waals surface area contributed by atoms with Gasteiger partial charge in [0, 0.05) is 23.5 Å². The molecule has 0 unspecified atom stereocenters. The van der Waals surface area contributed by atoms with E-state index in [0.29, 0.717) is 5.88 Å². The maximum absolute atomic E-state index is 6.06. The van der Waals surface area contributed by atoms with Crippen LogP contribution in [0.15, 0.2) is 12.1 Å². The molecule has 0 bridgehead atoms. The van der Waals surface area contributed by atoms with E-state index in [2.05, 4.69) is 51.7 Å². The van der Waals surface area contributed by atoms with Gasteiger partial charge in [0.1, 0.15) is 5.82 Å². The van der Waals surface area contributed by atoms with Crippen molar-refractivity contribution in [3.8, 4) is 0 Å². The SMILES string of the molecule is CC(C)(C)c1cc(CCl)cc(N2CCOCC2(C)C)n1. The molecule has 2 rings (SSSR count). The number of morpholine rings is 1. The summed E-state index contributed by atoms with van der Waals surface area (Å²) in [5, 5.41) is 0. The number of anilines is 1. The van der Waals surface area contributed by atoms with Crippen molar-refractivity contribution in [1.29, 1.82) is 0 Å². The van der Waals surface area contributed by atoms with Crippen molar-refractivity contribution in [3.05, 3.63) is 23.4 Å². The summed E-state index contributed by atoms with van der Waals surface area (Å²) in [5.74, 6) is 1.53. The first-order chi connectivity index (χ1) is 9.24. The number of alkyl halides is 1. The Balaban J connectivity index is 2.45. The lowest BCUT2D eigenvalue weighted by Crippen LogP contribution is -2.53. The minimum absolute atomic E-state index is 0.0211. The fourth-order valence-electron chi connectivity index (χ4n) is 2.45. The van der Waals surface area contributed by atoms with E-state index >= 15 is 0 Å². The topological polar surface area (TPSA) is 25.4 Å². The van der Waals surface area contributed by atoms with Crippen LogP contribution < -0.4 is 4.90 Å². The molecule has 1 aromatic heterocycles. The van der Waals surface area contributed by atoms with E-state index in [0.717, 1.165) is 36.8 Å². The lowest BCUT2D eigenvalue weighted by atomic mass is 9.90. The van der Waals surface area contributed by atoms with E-state index in [-0.39, 0.29) is 11.0 Å². The zero-order valence-corrected chi connectivity index (χ0v) is 13.9. The zero-order chi connectivity index (χ0) is 15.0. The predicted molar refractivity (Wildman–Crippen MR) is 84.7 cm³/mol. The number of halogens is 1. The highest BCUT2D eigenvalue weighted by molar-refractivity contribution is 6.17. The van der Waals surface area contributed by atoms with E-state index in [4.69, 9.17) is 21.3 Å². The molecule has 20 heavy (non-hydrogen) atoms. The maximum atomic E-state index is 6.06. The van der Waals surface area contributed by atoms with E-state index in [1.807, 2.05) is 0 Å². The molecule has 0 radical (unpaired) electrons. The molecule has 2 heterocycles. The highest BCUT2D eigenvalue weighted by Crippen LogP contribution is 2.30. The Hall–Kier alpha value is -0.800. The second-order valence-corrected chi connectivity index (χ2v) is 7.39. The molecule has 1 aliphatic rings. The second kappa shape index (κ2) is 5.53. The lowest BCUT2D eigenvalue weighted by molar-refractivity contribution is 0.0638. The Kier molecular flexibility index (Phi) is 4.31. The van der Waals surface area contributed by atoms with Crippen molar-refractivity contribution in [3.63, 3.8) is 0 Å². The van der Waals surface area contributed by atoms with E-state index in [1.165, 1.54) is 0 Å². The molecule has 0 N–H and O–H groups in total. The number of hydrogen-bond donors (Lipinski definition) is 0. The molecule has 4 heteroatoms. The molecule has 0 aromatic carbocycles. The highest BCUT2D eigenvalue weighted by atomic mass is 35.5. The van der Waals surface area contributed by atoms with Gasteiger partial charge < -0.3 is 9.64 Å². The smallest absolute Gasteiger partial charge is 0.129 e. The van der Waals surface area contributed by atoms with Crippen LogP contribution in [0.4, 0.5) is 5.82 Å². The Morgan fingerprint density at radius 2 is 2.05 bits per heavy atom. The fraction of sp³-hybridized carbons (Fsp3) is 0.688. The standard InChI is InChI=1S/C16H25ClN2O/c1-15(2,3)13-8-12(10-17)9-14(18-13)19-6-7-20-11-16(19,4)5/h8-9H,6-7,10-11H2,1-5H3. The number of hydrogen-bond acceptors (Lipinski definition) is 3. The molecular formula is C16H25ClN2O. The van der Waals surface area contributed by atoms with Crippen molar-refractivity contribution < 1.29 is 4.74 Å². The summed E-state index contributed by atoms with van der Waals surface area (Å²) in [6, 6.07) is 4.22. The van der Waals surface area contributed by atoms with Crippen molar-refractivity contribution in [2.45, 2.75) is 51.5 Å². The van der Waals surface area contributed by atoms with Crippen LogP contribution in [-0.2, 0) is 16.0 Å². The van der Waals surface area contributed by atoms with Crippen LogP contribution in [0.25, 0.3) is 0 Å². The van der Waals surface area contributed by atoms with Gasteiger partial charge in [-0.2, -0.15) is 0 Å². The number of aromatic nitrogens is 1. The largest absolute Gasteiger partial charge is 0.377 e. The van der Waals surface area contributed by atoms with Crippen molar-refractivity contribution in [1.82, 2.24) is 4.98 Å². The van der Waals surface area contributed by atoms with Gasteiger partial charge in [-0.3, -0.25) is 0 Å². The van der Waals surface area contributed by atoms with Crippen molar-refractivity contribution >= 4 is 17.4 Å². The molecule has 1 fully saturated rings. The van der Waals surface area contributed by atoms with Crippen LogP contribution in [0.5, 0.6) is 0 Å². The predicted octanol–water partition coefficient (Wildman–Crippen LogP) is 3.73. The quantitative estimate of drug-likeness (QED) is 0.778. The van der Waals surface area contributed by atoms with Gasteiger partial charge in [0.15, 0.2) is 0 Å². The highest BCUT2D eigenvalue weighted by Gasteiger charge is 2.32. The molecule has 3 nitrogen and oxygen atoms in total. The number of ether oxygens (including phenoxy) is 1. The molecule has 1 saturated heterocycles. The molecule has 0 spiro atoms. The van der Waals surface area contributed by atoms with Crippen molar-refractivity contribution in [2.24, 2.45) is 0 Å². The number of nitrogens with zero attached hydrogens (tertiary/aromatic N) is 2. The van der Waals surface area contributed by atoms with Gasteiger partial charge in [-0.05, 0) is 31.5 Å². The van der Waals surface area contributed by atoms with Crippen LogP contribution in [0, 0.1) is 0 Å². The van der Waals surface area contributed by atoms with Crippen LogP contribution in [0.1, 0.15) is 45.9 Å². The molecule has 1 aromatic rings. The van der Waals surface area contributed by atoms with Gasteiger partial charge in [0.2, 0.25) is 0 Å². The van der Waals surface area contributed by atoms with Crippen molar-refractivity contribution in [2.75, 3.05) is 24.7 Å². The van der Waals surface area contributed by atoms with Gasteiger partial charge in [0.25, 0.3) is 0 Å². The van der Waals surface area contributed by atoms with E-state index in [9.17, 15) is 0 Å². The maximum Gasteiger partial charge on any atom is 0.129 e. The summed E-state index contributed by atoms with van der Waals surface area (Å²) < 4.78 is 5.60. The molecule has 0 amide bonds. The Morgan fingerprint density at radius 3 is 2.60 bits per heavy atom. The lowest BCUT2D eigenvalue weighted by Gasteiger charge is -2.43. The fourth-order valence-corrected chi connectivity index (χ4v) is 2.61. The van der Waals surface area contributed by atoms with Gasteiger partial charge >= 0.3 is 0 Å². The summed E-state index contributed by atoms with van der Waals surface area (Å²) in [6.45, 7) is 13.3. The third-order valence-electron chi connectivity index (χ3n) is 3.72. The Labute approximate surface area is 127 Å². The van der Waals surface area contributed by atoms with Crippen LogP contribution in [0.2, 0.25) is 0 Å². The first-order valence-corrected chi connectivity index (χ1v) is 7.70. The Morgan fingerprint density at radius 1 is 1.35 bits per heavy atom. The minimum atomic E-state index is -0.0364. The molecular weight excluding hydrogens is 272 g/mol. The van der Waals surface area contributed by atoms with Gasteiger partial charge in [-0.15, -0.1) is 11.6 Å². The first-order valence-electron chi connectivity index (χ1n) is 7.17. The minimum Gasteiger partial charge on any atom is -0.377 e. The monoisotopic (exact) mass is 296 g/mol. The molecule has 0 atom stereocenters. The number of rotatable bonds is 2. The van der Waals surface area contributed by atoms with Gasteiger partial charge in [0.05, 0.1) is 18.8 Å². The summed E-state index contributed by atoms with van der Waals surface area (Å²) in [6.07, 6.45) is 0. The van der Waals surface area contributed by atoms with Gasteiger partial charge in [-0.25, -0.2) is 4.98 Å². The normalized spacial score (nSPS) is 19.2.